The Kier molecular flexibility index (Phi) is 3.72. The van der Waals surface area contributed by atoms with E-state index in [0.29, 0.717) is 0 Å². The molecule has 0 fully saturated rings. The van der Waals surface area contributed by atoms with Gasteiger partial charge in [0.1, 0.15) is 11.4 Å². The van der Waals surface area contributed by atoms with E-state index in [2.05, 4.69) is 114 Å². The quantitative estimate of drug-likeness (QED) is 0.347. The van der Waals surface area contributed by atoms with Gasteiger partial charge in [0.05, 0.1) is 0 Å². The molecule has 0 saturated carbocycles. The standard InChI is InChI=1S/C28H20N2/c1-3-11-21(12-4-1)27-29-19-20-30(27)28(22-13-5-2-6-14-22)25-17-9-7-15-23(25)24-16-8-10-18-26(24)28/h1-20H. The van der Waals surface area contributed by atoms with E-state index in [9.17, 15) is 0 Å². The summed E-state index contributed by atoms with van der Waals surface area (Å²) in [5.74, 6) is 0.964. The number of imidazole rings is 1. The van der Waals surface area contributed by atoms with E-state index in [0.717, 1.165) is 11.4 Å². The van der Waals surface area contributed by atoms with Crippen LogP contribution in [-0.4, -0.2) is 9.55 Å². The summed E-state index contributed by atoms with van der Waals surface area (Å²) in [5.41, 5.74) is 7.00. The monoisotopic (exact) mass is 384 g/mol. The molecule has 6 rings (SSSR count). The van der Waals surface area contributed by atoms with Crippen LogP contribution in [-0.2, 0) is 5.54 Å². The Morgan fingerprint density at radius 3 is 1.73 bits per heavy atom. The molecule has 142 valence electrons. The second kappa shape index (κ2) is 6.57. The number of aromatic nitrogens is 2. The van der Waals surface area contributed by atoms with Gasteiger partial charge in [0.15, 0.2) is 0 Å². The zero-order valence-electron chi connectivity index (χ0n) is 16.4. The SMILES string of the molecule is c1ccc(-c2nccn2C2(c3ccccc3)c3ccccc3-c3ccccc32)cc1. The molecule has 0 amide bonds. The topological polar surface area (TPSA) is 17.8 Å². The van der Waals surface area contributed by atoms with Crippen molar-refractivity contribution >= 4 is 0 Å². The van der Waals surface area contributed by atoms with Crippen LogP contribution in [0.3, 0.4) is 0 Å². The van der Waals surface area contributed by atoms with Gasteiger partial charge in [-0.05, 0) is 27.8 Å². The van der Waals surface area contributed by atoms with E-state index in [1.807, 2.05) is 12.3 Å². The van der Waals surface area contributed by atoms with Gasteiger partial charge >= 0.3 is 0 Å². The van der Waals surface area contributed by atoms with Crippen molar-refractivity contribution in [3.8, 4) is 22.5 Å². The smallest absolute Gasteiger partial charge is 0.141 e. The number of benzene rings is 4. The summed E-state index contributed by atoms with van der Waals surface area (Å²) in [7, 11) is 0. The van der Waals surface area contributed by atoms with Crippen molar-refractivity contribution in [3.05, 3.63) is 138 Å². The first-order valence-electron chi connectivity index (χ1n) is 10.2. The number of nitrogens with zero attached hydrogens (tertiary/aromatic N) is 2. The van der Waals surface area contributed by atoms with Crippen LogP contribution in [0.1, 0.15) is 16.7 Å². The van der Waals surface area contributed by atoms with Gasteiger partial charge in [-0.2, -0.15) is 0 Å². The average Bonchev–Trinajstić information content (AvgIpc) is 3.42. The molecule has 0 bridgehead atoms. The minimum Gasteiger partial charge on any atom is -0.312 e. The van der Waals surface area contributed by atoms with Gasteiger partial charge in [0, 0.05) is 18.0 Å². The Morgan fingerprint density at radius 2 is 1.10 bits per heavy atom. The molecule has 2 nitrogen and oxygen atoms in total. The van der Waals surface area contributed by atoms with Crippen molar-refractivity contribution in [3.63, 3.8) is 0 Å². The lowest BCUT2D eigenvalue weighted by atomic mass is 9.80. The minimum absolute atomic E-state index is 0.476. The molecule has 5 aromatic rings. The molecular weight excluding hydrogens is 364 g/mol. The molecule has 1 aliphatic carbocycles. The minimum atomic E-state index is -0.476. The van der Waals surface area contributed by atoms with Gasteiger partial charge in [0.25, 0.3) is 0 Å². The van der Waals surface area contributed by atoms with Gasteiger partial charge in [0.2, 0.25) is 0 Å². The molecule has 0 unspecified atom stereocenters. The maximum Gasteiger partial charge on any atom is 0.141 e. The highest BCUT2D eigenvalue weighted by molar-refractivity contribution is 5.84. The van der Waals surface area contributed by atoms with Crippen LogP contribution in [0.5, 0.6) is 0 Å². The van der Waals surface area contributed by atoms with Crippen LogP contribution in [0, 0.1) is 0 Å². The van der Waals surface area contributed by atoms with Crippen LogP contribution >= 0.6 is 0 Å². The molecule has 4 aromatic carbocycles. The molecule has 0 saturated heterocycles. The molecule has 1 aliphatic rings. The maximum absolute atomic E-state index is 4.81. The highest BCUT2D eigenvalue weighted by Gasteiger charge is 2.46. The summed E-state index contributed by atoms with van der Waals surface area (Å²) in [6, 6.07) is 38.8. The molecule has 0 N–H and O–H groups in total. The van der Waals surface area contributed by atoms with E-state index >= 15 is 0 Å². The van der Waals surface area contributed by atoms with Crippen molar-refractivity contribution in [1.82, 2.24) is 9.55 Å². The predicted octanol–water partition coefficient (Wildman–Crippen LogP) is 6.37. The summed E-state index contributed by atoms with van der Waals surface area (Å²) >= 11 is 0. The molecule has 1 aromatic heterocycles. The van der Waals surface area contributed by atoms with E-state index in [1.54, 1.807) is 0 Å². The number of rotatable bonds is 3. The zero-order chi connectivity index (χ0) is 20.0. The summed E-state index contributed by atoms with van der Waals surface area (Å²) in [6.45, 7) is 0. The first kappa shape index (κ1) is 17.0. The largest absolute Gasteiger partial charge is 0.312 e. The molecule has 0 atom stereocenters. The Labute approximate surface area is 176 Å². The van der Waals surface area contributed by atoms with Gasteiger partial charge in [-0.15, -0.1) is 0 Å². The molecule has 0 radical (unpaired) electrons. The van der Waals surface area contributed by atoms with Crippen molar-refractivity contribution in [1.29, 1.82) is 0 Å². The lowest BCUT2D eigenvalue weighted by Crippen LogP contribution is -2.35. The second-order valence-electron chi connectivity index (χ2n) is 7.65. The number of hydrogen-bond acceptors (Lipinski definition) is 1. The van der Waals surface area contributed by atoms with Crippen molar-refractivity contribution in [2.24, 2.45) is 0 Å². The van der Waals surface area contributed by atoms with E-state index in [-0.39, 0.29) is 0 Å². The first-order valence-corrected chi connectivity index (χ1v) is 10.2. The number of fused-ring (bicyclic) bond motifs is 3. The van der Waals surface area contributed by atoms with Crippen LogP contribution in [0.15, 0.2) is 122 Å². The third kappa shape index (κ3) is 2.22. The molecule has 0 spiro atoms. The fourth-order valence-electron chi connectivity index (χ4n) is 4.98. The van der Waals surface area contributed by atoms with Crippen molar-refractivity contribution < 1.29 is 0 Å². The molecule has 1 heterocycles. The van der Waals surface area contributed by atoms with Gasteiger partial charge < -0.3 is 4.57 Å². The lowest BCUT2D eigenvalue weighted by molar-refractivity contribution is 0.533. The zero-order valence-corrected chi connectivity index (χ0v) is 16.4. The Hall–Kier alpha value is -3.91. The van der Waals surface area contributed by atoms with Gasteiger partial charge in [-0.1, -0.05) is 109 Å². The second-order valence-corrected chi connectivity index (χ2v) is 7.65. The fraction of sp³-hybridized carbons (Fsp3) is 0.0357. The average molecular weight is 384 g/mol. The molecule has 30 heavy (non-hydrogen) atoms. The van der Waals surface area contributed by atoms with Crippen LogP contribution in [0.25, 0.3) is 22.5 Å². The lowest BCUT2D eigenvalue weighted by Gasteiger charge is -2.36. The Bertz CT molecular complexity index is 1290. The van der Waals surface area contributed by atoms with Gasteiger partial charge in [-0.25, -0.2) is 4.98 Å². The van der Waals surface area contributed by atoms with Crippen molar-refractivity contribution in [2.75, 3.05) is 0 Å². The van der Waals surface area contributed by atoms with E-state index in [1.165, 1.54) is 27.8 Å². The molecular formula is C28H20N2. The van der Waals surface area contributed by atoms with Crippen LogP contribution < -0.4 is 0 Å². The van der Waals surface area contributed by atoms with Crippen LogP contribution in [0.2, 0.25) is 0 Å². The highest BCUT2D eigenvalue weighted by atomic mass is 15.1. The Balaban J connectivity index is 1.78. The van der Waals surface area contributed by atoms with E-state index < -0.39 is 5.54 Å². The van der Waals surface area contributed by atoms with Crippen LogP contribution in [0.4, 0.5) is 0 Å². The summed E-state index contributed by atoms with van der Waals surface area (Å²) in [5, 5.41) is 0. The van der Waals surface area contributed by atoms with Crippen molar-refractivity contribution in [2.45, 2.75) is 5.54 Å². The third-order valence-electron chi connectivity index (χ3n) is 6.15. The summed E-state index contributed by atoms with van der Waals surface area (Å²) < 4.78 is 2.35. The fourth-order valence-corrected chi connectivity index (χ4v) is 4.98. The highest BCUT2D eigenvalue weighted by Crippen LogP contribution is 2.54. The maximum atomic E-state index is 4.81. The number of hydrogen-bond donors (Lipinski definition) is 0. The summed E-state index contributed by atoms with van der Waals surface area (Å²) in [4.78, 5) is 4.81. The predicted molar refractivity (Wildman–Crippen MR) is 121 cm³/mol. The summed E-state index contributed by atoms with van der Waals surface area (Å²) in [6.07, 6.45) is 4.03. The molecule has 2 heteroatoms. The molecule has 0 aliphatic heterocycles. The first-order chi connectivity index (χ1) is 14.9. The Morgan fingerprint density at radius 1 is 0.567 bits per heavy atom. The third-order valence-corrected chi connectivity index (χ3v) is 6.15. The normalized spacial score (nSPS) is 13.6. The van der Waals surface area contributed by atoms with Gasteiger partial charge in [-0.3, -0.25) is 0 Å². The van der Waals surface area contributed by atoms with E-state index in [4.69, 9.17) is 4.98 Å².